The van der Waals surface area contributed by atoms with Gasteiger partial charge in [0, 0.05) is 17.1 Å². The second-order valence-electron chi connectivity index (χ2n) is 3.06. The van der Waals surface area contributed by atoms with Gasteiger partial charge >= 0.3 is 0 Å². The number of anilines is 1. The molecule has 0 aromatic heterocycles. The number of thioether (sulfide) groups is 1. The summed E-state index contributed by atoms with van der Waals surface area (Å²) in [5, 5.41) is 10.8. The van der Waals surface area contributed by atoms with Crippen molar-refractivity contribution in [1.29, 1.82) is 5.41 Å². The van der Waals surface area contributed by atoms with E-state index in [1.54, 1.807) is 11.8 Å². The van der Waals surface area contributed by atoms with Crippen molar-refractivity contribution in [3.8, 4) is 0 Å². The SMILES string of the molecule is CCNc1cccc(SCC)c1C(=N)N. The molecular formula is C11H17N3S. The Bertz CT molecular complexity index is 325. The molecule has 4 heteroatoms. The first-order chi connectivity index (χ1) is 7.20. The molecule has 0 saturated carbocycles. The van der Waals surface area contributed by atoms with Crippen LogP contribution < -0.4 is 11.1 Å². The Hall–Kier alpha value is -1.16. The molecule has 3 nitrogen and oxygen atoms in total. The summed E-state index contributed by atoms with van der Waals surface area (Å²) in [5.74, 6) is 1.11. The van der Waals surface area contributed by atoms with Crippen LogP contribution in [-0.2, 0) is 0 Å². The molecule has 1 aromatic carbocycles. The first kappa shape index (κ1) is 11.9. The van der Waals surface area contributed by atoms with E-state index in [1.165, 1.54) is 0 Å². The van der Waals surface area contributed by atoms with E-state index < -0.39 is 0 Å². The Labute approximate surface area is 95.0 Å². The van der Waals surface area contributed by atoms with Crippen LogP contribution in [0, 0.1) is 5.41 Å². The molecule has 0 fully saturated rings. The molecule has 82 valence electrons. The number of nitrogen functional groups attached to an aromatic ring is 1. The largest absolute Gasteiger partial charge is 0.385 e. The van der Waals surface area contributed by atoms with E-state index in [9.17, 15) is 0 Å². The van der Waals surface area contributed by atoms with Crippen molar-refractivity contribution in [2.45, 2.75) is 18.7 Å². The van der Waals surface area contributed by atoms with E-state index in [1.807, 2.05) is 25.1 Å². The van der Waals surface area contributed by atoms with Crippen molar-refractivity contribution in [1.82, 2.24) is 0 Å². The molecule has 0 bridgehead atoms. The summed E-state index contributed by atoms with van der Waals surface area (Å²) in [4.78, 5) is 1.07. The minimum Gasteiger partial charge on any atom is -0.385 e. The molecule has 0 heterocycles. The molecule has 0 aliphatic heterocycles. The zero-order valence-corrected chi connectivity index (χ0v) is 9.95. The lowest BCUT2D eigenvalue weighted by Crippen LogP contribution is -2.15. The average molecular weight is 223 g/mol. The Morgan fingerprint density at radius 1 is 1.47 bits per heavy atom. The Morgan fingerprint density at radius 3 is 2.73 bits per heavy atom. The Morgan fingerprint density at radius 2 is 2.20 bits per heavy atom. The third-order valence-electron chi connectivity index (χ3n) is 1.96. The molecule has 0 atom stereocenters. The van der Waals surface area contributed by atoms with Crippen molar-refractivity contribution in [3.05, 3.63) is 23.8 Å². The van der Waals surface area contributed by atoms with E-state index in [-0.39, 0.29) is 5.84 Å². The fourth-order valence-electron chi connectivity index (χ4n) is 1.42. The van der Waals surface area contributed by atoms with E-state index in [4.69, 9.17) is 11.1 Å². The van der Waals surface area contributed by atoms with Crippen LogP contribution in [0.5, 0.6) is 0 Å². The van der Waals surface area contributed by atoms with Crippen LogP contribution in [0.25, 0.3) is 0 Å². The maximum atomic E-state index is 7.60. The van der Waals surface area contributed by atoms with Gasteiger partial charge in [-0.15, -0.1) is 11.8 Å². The molecule has 15 heavy (non-hydrogen) atoms. The van der Waals surface area contributed by atoms with Crippen LogP contribution >= 0.6 is 11.8 Å². The molecular weight excluding hydrogens is 206 g/mol. The van der Waals surface area contributed by atoms with Gasteiger partial charge in [0.2, 0.25) is 0 Å². The van der Waals surface area contributed by atoms with Crippen LogP contribution in [0.4, 0.5) is 5.69 Å². The molecule has 0 spiro atoms. The molecule has 0 aliphatic rings. The first-order valence-electron chi connectivity index (χ1n) is 5.04. The maximum absolute atomic E-state index is 7.60. The lowest BCUT2D eigenvalue weighted by molar-refractivity contribution is 1.19. The minimum atomic E-state index is 0.127. The summed E-state index contributed by atoms with van der Waals surface area (Å²) in [5.41, 5.74) is 7.38. The Kier molecular flexibility index (Phi) is 4.49. The van der Waals surface area contributed by atoms with Gasteiger partial charge < -0.3 is 11.1 Å². The summed E-state index contributed by atoms with van der Waals surface area (Å²) < 4.78 is 0. The van der Waals surface area contributed by atoms with E-state index >= 15 is 0 Å². The van der Waals surface area contributed by atoms with Gasteiger partial charge in [-0.1, -0.05) is 13.0 Å². The Balaban J connectivity index is 3.15. The van der Waals surface area contributed by atoms with Crippen LogP contribution in [0.1, 0.15) is 19.4 Å². The first-order valence-corrected chi connectivity index (χ1v) is 6.03. The highest BCUT2D eigenvalue weighted by atomic mass is 32.2. The molecule has 0 radical (unpaired) electrons. The van der Waals surface area contributed by atoms with Crippen LogP contribution in [0.3, 0.4) is 0 Å². The van der Waals surface area contributed by atoms with Crippen LogP contribution in [-0.4, -0.2) is 18.1 Å². The molecule has 4 N–H and O–H groups in total. The van der Waals surface area contributed by atoms with Gasteiger partial charge in [0.05, 0.1) is 5.56 Å². The summed E-state index contributed by atoms with van der Waals surface area (Å²) in [6, 6.07) is 5.95. The second kappa shape index (κ2) is 5.66. The van der Waals surface area contributed by atoms with Crippen LogP contribution in [0.15, 0.2) is 23.1 Å². The predicted molar refractivity (Wildman–Crippen MR) is 68.0 cm³/mol. The van der Waals surface area contributed by atoms with Gasteiger partial charge in [-0.25, -0.2) is 0 Å². The normalized spacial score (nSPS) is 10.0. The summed E-state index contributed by atoms with van der Waals surface area (Å²) in [6.07, 6.45) is 0. The predicted octanol–water partition coefficient (Wildman–Crippen LogP) is 2.51. The molecule has 1 aromatic rings. The smallest absolute Gasteiger partial charge is 0.126 e. The highest BCUT2D eigenvalue weighted by Crippen LogP contribution is 2.27. The van der Waals surface area contributed by atoms with Gasteiger partial charge in [0.25, 0.3) is 0 Å². The molecule has 0 aliphatic carbocycles. The van der Waals surface area contributed by atoms with E-state index in [0.29, 0.717) is 0 Å². The summed E-state index contributed by atoms with van der Waals surface area (Å²) in [6.45, 7) is 4.96. The third kappa shape index (κ3) is 2.89. The maximum Gasteiger partial charge on any atom is 0.126 e. The zero-order valence-electron chi connectivity index (χ0n) is 9.13. The number of nitrogens with two attached hydrogens (primary N) is 1. The van der Waals surface area contributed by atoms with Gasteiger partial charge in [-0.05, 0) is 24.8 Å². The fraction of sp³-hybridized carbons (Fsp3) is 0.364. The lowest BCUT2D eigenvalue weighted by Gasteiger charge is -2.13. The number of hydrogen-bond donors (Lipinski definition) is 3. The molecule has 0 amide bonds. The summed E-state index contributed by atoms with van der Waals surface area (Å²) >= 11 is 1.71. The van der Waals surface area contributed by atoms with E-state index in [2.05, 4.69) is 12.2 Å². The van der Waals surface area contributed by atoms with Crippen LogP contribution in [0.2, 0.25) is 0 Å². The van der Waals surface area contributed by atoms with Gasteiger partial charge in [0.1, 0.15) is 5.84 Å². The van der Waals surface area contributed by atoms with Gasteiger partial charge in [-0.3, -0.25) is 5.41 Å². The second-order valence-corrected chi connectivity index (χ2v) is 4.36. The van der Waals surface area contributed by atoms with Crippen molar-refractivity contribution in [2.24, 2.45) is 5.73 Å². The number of amidine groups is 1. The highest BCUT2D eigenvalue weighted by molar-refractivity contribution is 7.99. The number of hydrogen-bond acceptors (Lipinski definition) is 3. The molecule has 0 saturated heterocycles. The number of nitrogens with one attached hydrogen (secondary N) is 2. The standard InChI is InChI=1S/C11H17N3S/c1-3-14-8-6-5-7-9(15-4-2)10(8)11(12)13/h5-7,14H,3-4H2,1-2H3,(H3,12,13). The van der Waals surface area contributed by atoms with E-state index in [0.717, 1.165) is 28.4 Å². The van der Waals surface area contributed by atoms with Gasteiger partial charge in [0.15, 0.2) is 0 Å². The van der Waals surface area contributed by atoms with Crippen molar-refractivity contribution in [3.63, 3.8) is 0 Å². The third-order valence-corrected chi connectivity index (χ3v) is 2.90. The topological polar surface area (TPSA) is 61.9 Å². The molecule has 0 unspecified atom stereocenters. The lowest BCUT2D eigenvalue weighted by atomic mass is 10.1. The van der Waals surface area contributed by atoms with Gasteiger partial charge in [-0.2, -0.15) is 0 Å². The monoisotopic (exact) mass is 223 g/mol. The van der Waals surface area contributed by atoms with Crippen molar-refractivity contribution in [2.75, 3.05) is 17.6 Å². The average Bonchev–Trinajstić information content (AvgIpc) is 2.18. The van der Waals surface area contributed by atoms with Crippen molar-refractivity contribution < 1.29 is 0 Å². The number of benzene rings is 1. The minimum absolute atomic E-state index is 0.127. The quantitative estimate of drug-likeness (QED) is 0.408. The molecule has 1 rings (SSSR count). The number of rotatable bonds is 5. The van der Waals surface area contributed by atoms with Crippen molar-refractivity contribution >= 4 is 23.3 Å². The fourth-order valence-corrected chi connectivity index (χ4v) is 2.27. The highest BCUT2D eigenvalue weighted by Gasteiger charge is 2.10. The summed E-state index contributed by atoms with van der Waals surface area (Å²) in [7, 11) is 0. The zero-order chi connectivity index (χ0) is 11.3.